The Morgan fingerprint density at radius 1 is 1.44 bits per heavy atom. The van der Waals surface area contributed by atoms with Gasteiger partial charge in [0.25, 0.3) is 0 Å². The van der Waals surface area contributed by atoms with E-state index >= 15 is 0 Å². The number of aromatic carboxylic acids is 1. The molecule has 0 atom stereocenters. The summed E-state index contributed by atoms with van der Waals surface area (Å²) < 4.78 is 19.6. The van der Waals surface area contributed by atoms with Crippen LogP contribution in [-0.2, 0) is 7.05 Å². The molecule has 5 nitrogen and oxygen atoms in total. The molecule has 0 aliphatic carbocycles. The smallest absolute Gasteiger partial charge is 0.356 e. The van der Waals surface area contributed by atoms with E-state index in [9.17, 15) is 9.18 Å². The summed E-state index contributed by atoms with van der Waals surface area (Å²) >= 11 is 0. The summed E-state index contributed by atoms with van der Waals surface area (Å²) in [5.41, 5.74) is 1.06. The van der Waals surface area contributed by atoms with Gasteiger partial charge in [-0.2, -0.15) is 5.10 Å². The molecule has 18 heavy (non-hydrogen) atoms. The average molecular weight is 250 g/mol. The molecule has 2 rings (SSSR count). The van der Waals surface area contributed by atoms with Gasteiger partial charge in [-0.15, -0.1) is 0 Å². The number of carboxylic acid groups (broad SMARTS) is 1. The third kappa shape index (κ3) is 2.04. The highest BCUT2D eigenvalue weighted by molar-refractivity contribution is 5.87. The van der Waals surface area contributed by atoms with Gasteiger partial charge in [-0.05, 0) is 18.2 Å². The first-order chi connectivity index (χ1) is 8.52. The first kappa shape index (κ1) is 12.1. The molecule has 0 bridgehead atoms. The van der Waals surface area contributed by atoms with Crippen LogP contribution in [-0.4, -0.2) is 28.0 Å². The lowest BCUT2D eigenvalue weighted by atomic mass is 10.1. The van der Waals surface area contributed by atoms with Crippen molar-refractivity contribution in [1.82, 2.24) is 9.78 Å². The Labute approximate surface area is 102 Å². The van der Waals surface area contributed by atoms with Crippen molar-refractivity contribution in [1.29, 1.82) is 0 Å². The highest BCUT2D eigenvalue weighted by Gasteiger charge is 2.15. The minimum absolute atomic E-state index is 0.0705. The molecule has 0 aliphatic rings. The van der Waals surface area contributed by atoms with Crippen LogP contribution in [0.1, 0.15) is 10.5 Å². The Balaban J connectivity index is 2.58. The molecular formula is C12H11FN2O3. The second-order valence-corrected chi connectivity index (χ2v) is 3.69. The van der Waals surface area contributed by atoms with Crippen LogP contribution in [0.5, 0.6) is 5.75 Å². The maximum Gasteiger partial charge on any atom is 0.356 e. The van der Waals surface area contributed by atoms with Crippen molar-refractivity contribution in [2.24, 2.45) is 7.05 Å². The minimum atomic E-state index is -1.11. The average Bonchev–Trinajstić information content (AvgIpc) is 2.71. The molecule has 1 heterocycles. The van der Waals surface area contributed by atoms with E-state index in [2.05, 4.69) is 5.10 Å². The molecule has 0 spiro atoms. The van der Waals surface area contributed by atoms with Crippen LogP contribution in [0.25, 0.3) is 11.3 Å². The number of aromatic nitrogens is 2. The third-order valence-electron chi connectivity index (χ3n) is 2.54. The van der Waals surface area contributed by atoms with Gasteiger partial charge in [0.2, 0.25) is 0 Å². The van der Waals surface area contributed by atoms with Crippen molar-refractivity contribution < 1.29 is 19.0 Å². The lowest BCUT2D eigenvalue weighted by molar-refractivity contribution is 0.0689. The molecular weight excluding hydrogens is 239 g/mol. The zero-order valence-electron chi connectivity index (χ0n) is 9.85. The second-order valence-electron chi connectivity index (χ2n) is 3.69. The van der Waals surface area contributed by atoms with Gasteiger partial charge in [-0.3, -0.25) is 4.68 Å². The predicted molar refractivity (Wildman–Crippen MR) is 62.1 cm³/mol. The molecule has 2 aromatic rings. The molecule has 1 aromatic heterocycles. The number of rotatable bonds is 3. The SMILES string of the molecule is COc1cc(F)ccc1-c1cc(C(=O)O)nn1C. The molecule has 1 N–H and O–H groups in total. The Kier molecular flexibility index (Phi) is 3.01. The lowest BCUT2D eigenvalue weighted by Gasteiger charge is -2.08. The Morgan fingerprint density at radius 3 is 2.72 bits per heavy atom. The van der Waals surface area contributed by atoms with Crippen molar-refractivity contribution in [3.05, 3.63) is 35.8 Å². The van der Waals surface area contributed by atoms with Gasteiger partial charge >= 0.3 is 5.97 Å². The minimum Gasteiger partial charge on any atom is -0.496 e. The number of hydrogen-bond donors (Lipinski definition) is 1. The second kappa shape index (κ2) is 4.48. The number of nitrogens with zero attached hydrogens (tertiary/aromatic N) is 2. The summed E-state index contributed by atoms with van der Waals surface area (Å²) in [6.07, 6.45) is 0. The number of carboxylic acids is 1. The molecule has 0 saturated carbocycles. The normalized spacial score (nSPS) is 10.4. The first-order valence-corrected chi connectivity index (χ1v) is 5.14. The lowest BCUT2D eigenvalue weighted by Crippen LogP contribution is -1.99. The van der Waals surface area contributed by atoms with Crippen LogP contribution in [0, 0.1) is 5.82 Å². The van der Waals surface area contributed by atoms with Crippen LogP contribution in [0.4, 0.5) is 4.39 Å². The van der Waals surface area contributed by atoms with Crippen molar-refractivity contribution >= 4 is 5.97 Å². The van der Waals surface area contributed by atoms with E-state index in [1.54, 1.807) is 7.05 Å². The number of carbonyl (C=O) groups is 1. The Hall–Kier alpha value is -2.37. The number of hydrogen-bond acceptors (Lipinski definition) is 3. The van der Waals surface area contributed by atoms with Gasteiger partial charge in [0.15, 0.2) is 5.69 Å². The summed E-state index contributed by atoms with van der Waals surface area (Å²) in [6.45, 7) is 0. The molecule has 0 amide bonds. The highest BCUT2D eigenvalue weighted by Crippen LogP contribution is 2.30. The quantitative estimate of drug-likeness (QED) is 0.904. The van der Waals surface area contributed by atoms with Crippen LogP contribution in [0.3, 0.4) is 0 Å². The van der Waals surface area contributed by atoms with E-state index in [-0.39, 0.29) is 5.69 Å². The summed E-state index contributed by atoms with van der Waals surface area (Å²) in [6, 6.07) is 5.46. The number of aryl methyl sites for hydroxylation is 1. The number of methoxy groups -OCH3 is 1. The topological polar surface area (TPSA) is 64.3 Å². The number of halogens is 1. The molecule has 6 heteroatoms. The predicted octanol–water partition coefficient (Wildman–Crippen LogP) is 1.93. The van der Waals surface area contributed by atoms with Crippen molar-refractivity contribution in [3.8, 4) is 17.0 Å². The molecule has 1 aromatic carbocycles. The first-order valence-electron chi connectivity index (χ1n) is 5.14. The van der Waals surface area contributed by atoms with Gasteiger partial charge < -0.3 is 9.84 Å². The zero-order valence-corrected chi connectivity index (χ0v) is 9.85. The fourth-order valence-corrected chi connectivity index (χ4v) is 1.70. The summed E-state index contributed by atoms with van der Waals surface area (Å²) in [4.78, 5) is 10.8. The van der Waals surface area contributed by atoms with Crippen LogP contribution < -0.4 is 4.74 Å². The van der Waals surface area contributed by atoms with Crippen LogP contribution in [0.15, 0.2) is 24.3 Å². The van der Waals surface area contributed by atoms with Crippen molar-refractivity contribution in [3.63, 3.8) is 0 Å². The van der Waals surface area contributed by atoms with Crippen molar-refractivity contribution in [2.75, 3.05) is 7.11 Å². The molecule has 94 valence electrons. The van der Waals surface area contributed by atoms with E-state index in [1.807, 2.05) is 0 Å². The number of benzene rings is 1. The zero-order chi connectivity index (χ0) is 13.3. The van der Waals surface area contributed by atoms with Crippen LogP contribution >= 0.6 is 0 Å². The van der Waals surface area contributed by atoms with E-state index in [1.165, 1.54) is 36.1 Å². The molecule has 0 radical (unpaired) electrons. The molecule has 0 fully saturated rings. The van der Waals surface area contributed by atoms with Gasteiger partial charge in [0, 0.05) is 18.7 Å². The van der Waals surface area contributed by atoms with Gasteiger partial charge in [-0.25, -0.2) is 9.18 Å². The molecule has 0 saturated heterocycles. The summed E-state index contributed by atoms with van der Waals surface area (Å²) in [5, 5.41) is 12.7. The fourth-order valence-electron chi connectivity index (χ4n) is 1.70. The number of ether oxygens (including phenoxy) is 1. The monoisotopic (exact) mass is 250 g/mol. The molecule has 0 unspecified atom stereocenters. The third-order valence-corrected chi connectivity index (χ3v) is 2.54. The van der Waals surface area contributed by atoms with Crippen molar-refractivity contribution in [2.45, 2.75) is 0 Å². The van der Waals surface area contributed by atoms with E-state index in [0.29, 0.717) is 17.0 Å². The van der Waals surface area contributed by atoms with Gasteiger partial charge in [0.1, 0.15) is 11.6 Å². The maximum atomic E-state index is 13.1. The Morgan fingerprint density at radius 2 is 2.17 bits per heavy atom. The largest absolute Gasteiger partial charge is 0.496 e. The molecule has 0 aliphatic heterocycles. The Bertz CT molecular complexity index is 607. The van der Waals surface area contributed by atoms with E-state index in [0.717, 1.165) is 0 Å². The fraction of sp³-hybridized carbons (Fsp3) is 0.167. The van der Waals surface area contributed by atoms with Crippen LogP contribution in [0.2, 0.25) is 0 Å². The van der Waals surface area contributed by atoms with E-state index in [4.69, 9.17) is 9.84 Å². The van der Waals surface area contributed by atoms with Gasteiger partial charge in [-0.1, -0.05) is 0 Å². The maximum absolute atomic E-state index is 13.1. The summed E-state index contributed by atoms with van der Waals surface area (Å²) in [5.74, 6) is -1.20. The standard InChI is InChI=1S/C12H11FN2O3/c1-15-10(6-9(14-15)12(16)17)8-4-3-7(13)5-11(8)18-2/h3-6H,1-2H3,(H,16,17). The van der Waals surface area contributed by atoms with Gasteiger partial charge in [0.05, 0.1) is 12.8 Å². The van der Waals surface area contributed by atoms with E-state index < -0.39 is 11.8 Å². The highest BCUT2D eigenvalue weighted by atomic mass is 19.1. The summed E-state index contributed by atoms with van der Waals surface area (Å²) in [7, 11) is 3.04.